The molecule has 4 aromatic rings. The van der Waals surface area contributed by atoms with Gasteiger partial charge in [0.05, 0.1) is 40.4 Å². The number of carboxylic acid groups (broad SMARTS) is 1. The molecule has 1 aliphatic rings. The summed E-state index contributed by atoms with van der Waals surface area (Å²) in [6.07, 6.45) is -2.18. The van der Waals surface area contributed by atoms with Crippen molar-refractivity contribution in [1.82, 2.24) is 18.3 Å². The fourth-order valence-corrected chi connectivity index (χ4v) is 4.59. The minimum atomic E-state index is -4.65. The van der Waals surface area contributed by atoms with Crippen LogP contribution >= 0.6 is 0 Å². The van der Waals surface area contributed by atoms with E-state index in [9.17, 15) is 37.5 Å². The van der Waals surface area contributed by atoms with Crippen molar-refractivity contribution in [3.63, 3.8) is 0 Å². The number of hydrogen-bond acceptors (Lipinski definition) is 5. The Bertz CT molecular complexity index is 1770. The van der Waals surface area contributed by atoms with Gasteiger partial charge in [0.15, 0.2) is 0 Å². The van der Waals surface area contributed by atoms with Gasteiger partial charge in [-0.1, -0.05) is 12.1 Å². The van der Waals surface area contributed by atoms with Crippen molar-refractivity contribution in [2.75, 3.05) is 0 Å². The summed E-state index contributed by atoms with van der Waals surface area (Å²) in [5.74, 6) is -1.84. The number of carboxylic acids is 1. The van der Waals surface area contributed by atoms with Gasteiger partial charge < -0.3 is 9.90 Å². The first kappa shape index (κ1) is 24.3. The number of halogens is 3. The molecular formula is C25H20F3N4O5-. The smallest absolute Gasteiger partial charge is 0.416 e. The van der Waals surface area contributed by atoms with Gasteiger partial charge in [-0.2, -0.15) is 13.2 Å². The molecule has 12 heteroatoms. The highest BCUT2D eigenvalue weighted by Gasteiger charge is 2.33. The number of imidazole rings is 1. The van der Waals surface area contributed by atoms with Crippen LogP contribution in [0.25, 0.3) is 16.7 Å². The van der Waals surface area contributed by atoms with Crippen LogP contribution in [-0.4, -0.2) is 24.2 Å². The van der Waals surface area contributed by atoms with E-state index in [0.29, 0.717) is 15.6 Å². The molecule has 2 heterocycles. The molecule has 192 valence electrons. The van der Waals surface area contributed by atoms with Crippen LogP contribution in [0, 0.1) is 6.92 Å². The number of benzene rings is 2. The summed E-state index contributed by atoms with van der Waals surface area (Å²) < 4.78 is 44.7. The van der Waals surface area contributed by atoms with Gasteiger partial charge >= 0.3 is 17.6 Å². The van der Waals surface area contributed by atoms with E-state index in [4.69, 9.17) is 0 Å². The quantitative estimate of drug-likeness (QED) is 0.404. The molecule has 1 aliphatic carbocycles. The molecule has 2 aromatic heterocycles. The summed E-state index contributed by atoms with van der Waals surface area (Å²) in [6.45, 7) is 0.625. The standard InChI is InChI=1S/C25H21F3N4O5/c1-13-14(4-3-5-18(13)25(26,27)28)11-31-21(33)17(22(34)35)12-30(24(31)37)16-8-9-19-20(10-16)32(15-6-7-15)23(36)29(19)2/h3-5,8-10,12,15H,6-7,11H2,1-2H3,(H,34,35)/p-1. The largest absolute Gasteiger partial charge is 0.545 e. The van der Waals surface area contributed by atoms with E-state index in [2.05, 4.69) is 0 Å². The van der Waals surface area contributed by atoms with Crippen LogP contribution in [0.1, 0.15) is 45.9 Å². The SMILES string of the molecule is Cc1c(Cn2c(=O)c(C(=O)[O-])cn(-c3ccc4c(c3)n(C3CC3)c(=O)n4C)c2=O)cccc1C(F)(F)F. The van der Waals surface area contributed by atoms with Crippen LogP contribution < -0.4 is 22.0 Å². The molecule has 9 nitrogen and oxygen atoms in total. The van der Waals surface area contributed by atoms with Crippen molar-refractivity contribution in [2.24, 2.45) is 7.05 Å². The lowest BCUT2D eigenvalue weighted by atomic mass is 10.0. The molecule has 0 spiro atoms. The maximum atomic E-state index is 13.4. The Morgan fingerprint density at radius 2 is 1.76 bits per heavy atom. The van der Waals surface area contributed by atoms with Crippen LogP contribution in [0.15, 0.2) is 57.0 Å². The topological polar surface area (TPSA) is 111 Å². The summed E-state index contributed by atoms with van der Waals surface area (Å²) in [7, 11) is 1.61. The number of alkyl halides is 3. The van der Waals surface area contributed by atoms with Crippen molar-refractivity contribution >= 4 is 17.0 Å². The number of fused-ring (bicyclic) bond motifs is 1. The number of aryl methyl sites for hydroxylation is 1. The number of hydrogen-bond donors (Lipinski definition) is 0. The molecule has 1 fully saturated rings. The molecule has 0 amide bonds. The molecule has 0 N–H and O–H groups in total. The maximum absolute atomic E-state index is 13.4. The van der Waals surface area contributed by atoms with E-state index in [1.807, 2.05) is 0 Å². The lowest BCUT2D eigenvalue weighted by Gasteiger charge is -2.17. The van der Waals surface area contributed by atoms with Gasteiger partial charge in [-0.3, -0.25) is 23.1 Å². The first-order valence-electron chi connectivity index (χ1n) is 11.3. The Morgan fingerprint density at radius 1 is 1.05 bits per heavy atom. The molecule has 0 atom stereocenters. The van der Waals surface area contributed by atoms with Crippen LogP contribution in [0.2, 0.25) is 0 Å². The highest BCUT2D eigenvalue weighted by Crippen LogP contribution is 2.36. The highest BCUT2D eigenvalue weighted by atomic mass is 19.4. The van der Waals surface area contributed by atoms with E-state index in [1.165, 1.54) is 23.6 Å². The average Bonchev–Trinajstić information content (AvgIpc) is 3.63. The Balaban J connectivity index is 1.72. The first-order valence-corrected chi connectivity index (χ1v) is 11.3. The van der Waals surface area contributed by atoms with E-state index < -0.39 is 41.1 Å². The molecular weight excluding hydrogens is 493 g/mol. The van der Waals surface area contributed by atoms with Crippen molar-refractivity contribution in [2.45, 2.75) is 38.5 Å². The van der Waals surface area contributed by atoms with Gasteiger partial charge in [-0.05, 0) is 55.2 Å². The van der Waals surface area contributed by atoms with Gasteiger partial charge in [0.2, 0.25) is 0 Å². The molecule has 0 unspecified atom stereocenters. The second-order valence-electron chi connectivity index (χ2n) is 9.08. The third-order valence-corrected chi connectivity index (χ3v) is 6.73. The van der Waals surface area contributed by atoms with Gasteiger partial charge in [-0.25, -0.2) is 9.59 Å². The van der Waals surface area contributed by atoms with Gasteiger partial charge in [0.1, 0.15) is 0 Å². The zero-order valence-electron chi connectivity index (χ0n) is 19.7. The predicted molar refractivity (Wildman–Crippen MR) is 125 cm³/mol. The normalized spacial score (nSPS) is 13.9. The Morgan fingerprint density at radius 3 is 2.38 bits per heavy atom. The Hall–Kier alpha value is -4.35. The van der Waals surface area contributed by atoms with E-state index in [1.54, 1.807) is 23.7 Å². The minimum Gasteiger partial charge on any atom is -0.545 e. The minimum absolute atomic E-state index is 0.0137. The van der Waals surface area contributed by atoms with Crippen LogP contribution in [0.4, 0.5) is 13.2 Å². The van der Waals surface area contributed by atoms with Gasteiger partial charge in [-0.15, -0.1) is 0 Å². The number of aromatic nitrogens is 4. The van der Waals surface area contributed by atoms with Crippen LogP contribution in [0.3, 0.4) is 0 Å². The molecule has 2 aromatic carbocycles. The molecule has 0 radical (unpaired) electrons. The van der Waals surface area contributed by atoms with Crippen molar-refractivity contribution in [3.05, 3.63) is 96.2 Å². The van der Waals surface area contributed by atoms with Gasteiger partial charge in [0, 0.05) is 19.3 Å². The monoisotopic (exact) mass is 513 g/mol. The van der Waals surface area contributed by atoms with Crippen LogP contribution in [-0.2, 0) is 19.8 Å². The molecule has 5 rings (SSSR count). The van der Waals surface area contributed by atoms with Crippen molar-refractivity contribution in [3.8, 4) is 5.69 Å². The zero-order valence-corrected chi connectivity index (χ0v) is 19.7. The zero-order chi connectivity index (χ0) is 26.8. The maximum Gasteiger partial charge on any atom is 0.416 e. The summed E-state index contributed by atoms with van der Waals surface area (Å²) >= 11 is 0. The summed E-state index contributed by atoms with van der Waals surface area (Å²) in [5, 5.41) is 11.7. The Kier molecular flexibility index (Phi) is 5.50. The fourth-order valence-electron chi connectivity index (χ4n) is 4.59. The van der Waals surface area contributed by atoms with E-state index >= 15 is 0 Å². The molecule has 1 saturated carbocycles. The third kappa shape index (κ3) is 3.98. The number of carbonyl (C=O) groups excluding carboxylic acids is 1. The highest BCUT2D eigenvalue weighted by molar-refractivity contribution is 5.85. The summed E-state index contributed by atoms with van der Waals surface area (Å²) in [4.78, 5) is 50.8. The molecule has 37 heavy (non-hydrogen) atoms. The lowest BCUT2D eigenvalue weighted by Crippen LogP contribution is -2.44. The third-order valence-electron chi connectivity index (χ3n) is 6.73. The lowest BCUT2D eigenvalue weighted by molar-refractivity contribution is -0.255. The molecule has 0 aliphatic heterocycles. The van der Waals surface area contributed by atoms with E-state index in [-0.39, 0.29) is 28.5 Å². The fraction of sp³-hybridized carbons (Fsp3) is 0.280. The summed E-state index contributed by atoms with van der Waals surface area (Å²) in [6, 6.07) is 8.01. The average molecular weight is 513 g/mol. The first-order chi connectivity index (χ1) is 17.4. The van der Waals surface area contributed by atoms with Crippen LogP contribution in [0.5, 0.6) is 0 Å². The summed E-state index contributed by atoms with van der Waals surface area (Å²) in [5.41, 5.74) is -3.02. The molecule has 0 saturated heterocycles. The van der Waals surface area contributed by atoms with E-state index in [0.717, 1.165) is 35.7 Å². The number of rotatable bonds is 5. The van der Waals surface area contributed by atoms with Gasteiger partial charge in [0.25, 0.3) is 5.56 Å². The number of carbonyl (C=O) groups is 1. The van der Waals surface area contributed by atoms with Crippen molar-refractivity contribution in [1.29, 1.82) is 0 Å². The number of nitrogens with zero attached hydrogens (tertiary/aromatic N) is 4. The second kappa shape index (κ2) is 8.36. The Labute approximate surface area is 206 Å². The second-order valence-corrected chi connectivity index (χ2v) is 9.08. The number of aromatic carboxylic acids is 1. The van der Waals surface area contributed by atoms with Crippen molar-refractivity contribution < 1.29 is 23.1 Å². The molecule has 0 bridgehead atoms. The predicted octanol–water partition coefficient (Wildman–Crippen LogP) is 1.73.